The summed E-state index contributed by atoms with van der Waals surface area (Å²) in [4.78, 5) is 0. The molecule has 0 bridgehead atoms. The van der Waals surface area contributed by atoms with E-state index in [1.807, 2.05) is 0 Å². The quantitative estimate of drug-likeness (QED) is 0.283. The van der Waals surface area contributed by atoms with E-state index in [0.717, 1.165) is 5.25 Å². The first kappa shape index (κ1) is 19.7. The van der Waals surface area contributed by atoms with Gasteiger partial charge in [-0.15, -0.1) is 0 Å². The molecule has 4 heteroatoms. The van der Waals surface area contributed by atoms with Crippen LogP contribution in [-0.4, -0.2) is 28.6 Å². The van der Waals surface area contributed by atoms with Gasteiger partial charge >= 0.3 is 0 Å². The lowest BCUT2D eigenvalue weighted by atomic mass is 10.0. The molecule has 1 aliphatic heterocycles. The Kier molecular flexibility index (Phi) is 13.3. The van der Waals surface area contributed by atoms with E-state index < -0.39 is 0 Å². The van der Waals surface area contributed by atoms with Gasteiger partial charge in [0.05, 0.1) is 0 Å². The standard InChI is InChI=1S/C17H36N2S2/c1-2-3-4-5-6-7-8-9-10-11-12-16(19-18)17-15-20-13-14-21-17/h16-17,19H,2-15,18H2,1H3. The number of nitrogens with two attached hydrogens (primary N) is 1. The summed E-state index contributed by atoms with van der Waals surface area (Å²) >= 11 is 4.20. The minimum absolute atomic E-state index is 0.525. The second-order valence-electron chi connectivity index (χ2n) is 6.23. The normalized spacial score (nSPS) is 20.6. The molecule has 1 saturated heterocycles. The molecular weight excluding hydrogens is 296 g/mol. The Morgan fingerprint density at radius 1 is 0.952 bits per heavy atom. The lowest BCUT2D eigenvalue weighted by Gasteiger charge is -2.29. The van der Waals surface area contributed by atoms with Crippen molar-refractivity contribution in [3.63, 3.8) is 0 Å². The maximum atomic E-state index is 5.75. The molecule has 0 saturated carbocycles. The highest BCUT2D eigenvalue weighted by Gasteiger charge is 2.22. The van der Waals surface area contributed by atoms with Gasteiger partial charge in [-0.1, -0.05) is 71.1 Å². The Morgan fingerprint density at radius 3 is 2.10 bits per heavy atom. The number of nitrogens with one attached hydrogen (secondary N) is 1. The summed E-state index contributed by atoms with van der Waals surface area (Å²) in [6, 6.07) is 0.525. The minimum Gasteiger partial charge on any atom is -0.271 e. The van der Waals surface area contributed by atoms with E-state index in [2.05, 4.69) is 35.9 Å². The number of hydrogen-bond acceptors (Lipinski definition) is 4. The first-order valence-electron chi connectivity index (χ1n) is 9.04. The van der Waals surface area contributed by atoms with Gasteiger partial charge in [-0.25, -0.2) is 0 Å². The van der Waals surface area contributed by atoms with E-state index in [1.165, 1.54) is 87.9 Å². The molecule has 2 atom stereocenters. The van der Waals surface area contributed by atoms with Gasteiger partial charge in [0.1, 0.15) is 0 Å². The fourth-order valence-corrected chi connectivity index (χ4v) is 5.88. The van der Waals surface area contributed by atoms with Gasteiger partial charge in [0.15, 0.2) is 0 Å². The third-order valence-corrected chi connectivity index (χ3v) is 7.29. The van der Waals surface area contributed by atoms with Crippen LogP contribution >= 0.6 is 23.5 Å². The number of hydrazine groups is 1. The van der Waals surface area contributed by atoms with Gasteiger partial charge in [-0.2, -0.15) is 23.5 Å². The zero-order valence-corrected chi connectivity index (χ0v) is 15.6. The molecule has 0 radical (unpaired) electrons. The van der Waals surface area contributed by atoms with Crippen molar-refractivity contribution in [3.05, 3.63) is 0 Å². The Balaban J connectivity index is 1.90. The molecule has 0 aromatic heterocycles. The van der Waals surface area contributed by atoms with E-state index in [9.17, 15) is 0 Å². The summed E-state index contributed by atoms with van der Waals surface area (Å²) in [5.41, 5.74) is 3.07. The Labute approximate surface area is 141 Å². The monoisotopic (exact) mass is 332 g/mol. The molecule has 0 amide bonds. The van der Waals surface area contributed by atoms with E-state index >= 15 is 0 Å². The summed E-state index contributed by atoms with van der Waals surface area (Å²) in [6.07, 6.45) is 15.4. The van der Waals surface area contributed by atoms with Gasteiger partial charge in [0.25, 0.3) is 0 Å². The van der Waals surface area contributed by atoms with E-state index in [0.29, 0.717) is 6.04 Å². The van der Waals surface area contributed by atoms with Crippen LogP contribution in [0.2, 0.25) is 0 Å². The van der Waals surface area contributed by atoms with Crippen molar-refractivity contribution < 1.29 is 0 Å². The summed E-state index contributed by atoms with van der Waals surface area (Å²) in [5.74, 6) is 9.64. The van der Waals surface area contributed by atoms with Crippen LogP contribution in [-0.2, 0) is 0 Å². The lowest BCUT2D eigenvalue weighted by molar-refractivity contribution is 0.459. The maximum Gasteiger partial charge on any atom is 0.0337 e. The van der Waals surface area contributed by atoms with Crippen molar-refractivity contribution in [2.45, 2.75) is 88.8 Å². The number of unbranched alkanes of at least 4 members (excludes halogenated alkanes) is 9. The summed E-state index contributed by atoms with van der Waals surface area (Å²) in [5, 5.41) is 0.729. The summed E-state index contributed by atoms with van der Waals surface area (Å²) < 4.78 is 0. The smallest absolute Gasteiger partial charge is 0.0337 e. The predicted octanol–water partition coefficient (Wildman–Crippen LogP) is 4.98. The SMILES string of the molecule is CCCCCCCCCCCCC(NN)C1CSCCS1. The van der Waals surface area contributed by atoms with Crippen molar-refractivity contribution in [2.75, 3.05) is 17.3 Å². The second-order valence-corrected chi connectivity index (χ2v) is 8.72. The molecule has 0 aromatic rings. The molecule has 0 spiro atoms. The van der Waals surface area contributed by atoms with Crippen molar-refractivity contribution in [3.8, 4) is 0 Å². The van der Waals surface area contributed by atoms with Crippen LogP contribution in [0.5, 0.6) is 0 Å². The minimum atomic E-state index is 0.525. The van der Waals surface area contributed by atoms with E-state index in [4.69, 9.17) is 5.84 Å². The molecule has 1 fully saturated rings. The van der Waals surface area contributed by atoms with Crippen LogP contribution in [0.25, 0.3) is 0 Å². The average Bonchev–Trinajstić information content (AvgIpc) is 2.54. The molecule has 1 heterocycles. The maximum absolute atomic E-state index is 5.75. The highest BCUT2D eigenvalue weighted by atomic mass is 32.2. The van der Waals surface area contributed by atoms with Crippen molar-refractivity contribution >= 4 is 23.5 Å². The molecule has 3 N–H and O–H groups in total. The highest BCUT2D eigenvalue weighted by molar-refractivity contribution is 8.06. The molecule has 1 rings (SSSR count). The summed E-state index contributed by atoms with van der Waals surface area (Å²) in [7, 11) is 0. The predicted molar refractivity (Wildman–Crippen MR) is 101 cm³/mol. The van der Waals surface area contributed by atoms with Gasteiger partial charge in [0, 0.05) is 28.6 Å². The highest BCUT2D eigenvalue weighted by Crippen LogP contribution is 2.28. The number of rotatable bonds is 13. The Hall–Kier alpha value is 0.620. The zero-order chi connectivity index (χ0) is 15.2. The third-order valence-electron chi connectivity index (χ3n) is 4.37. The molecule has 1 aliphatic rings. The second kappa shape index (κ2) is 14.2. The van der Waals surface area contributed by atoms with Crippen molar-refractivity contribution in [1.82, 2.24) is 5.43 Å². The number of thioether (sulfide) groups is 2. The van der Waals surface area contributed by atoms with Crippen LogP contribution in [0, 0.1) is 0 Å². The van der Waals surface area contributed by atoms with Crippen LogP contribution in [0.3, 0.4) is 0 Å². The fraction of sp³-hybridized carbons (Fsp3) is 1.00. The van der Waals surface area contributed by atoms with Crippen LogP contribution in [0.4, 0.5) is 0 Å². The van der Waals surface area contributed by atoms with Gasteiger partial charge < -0.3 is 0 Å². The zero-order valence-electron chi connectivity index (χ0n) is 13.9. The van der Waals surface area contributed by atoms with Crippen molar-refractivity contribution in [1.29, 1.82) is 0 Å². The van der Waals surface area contributed by atoms with Gasteiger partial charge in [-0.3, -0.25) is 11.3 Å². The van der Waals surface area contributed by atoms with Crippen molar-refractivity contribution in [2.24, 2.45) is 5.84 Å². The summed E-state index contributed by atoms with van der Waals surface area (Å²) in [6.45, 7) is 2.29. The van der Waals surface area contributed by atoms with Gasteiger partial charge in [0.2, 0.25) is 0 Å². The topological polar surface area (TPSA) is 38.0 Å². The largest absolute Gasteiger partial charge is 0.271 e. The first-order chi connectivity index (χ1) is 10.4. The van der Waals surface area contributed by atoms with E-state index in [-0.39, 0.29) is 0 Å². The molecule has 2 nitrogen and oxygen atoms in total. The molecule has 0 aliphatic carbocycles. The molecular formula is C17H36N2S2. The molecule has 0 aromatic carbocycles. The third kappa shape index (κ3) is 10.1. The molecule has 21 heavy (non-hydrogen) atoms. The fourth-order valence-electron chi connectivity index (χ4n) is 2.97. The molecule has 2 unspecified atom stereocenters. The Bertz CT molecular complexity index is 221. The Morgan fingerprint density at radius 2 is 1.57 bits per heavy atom. The first-order valence-corrected chi connectivity index (χ1v) is 11.2. The van der Waals surface area contributed by atoms with Crippen LogP contribution < -0.4 is 11.3 Å². The van der Waals surface area contributed by atoms with Crippen LogP contribution in [0.1, 0.15) is 77.6 Å². The van der Waals surface area contributed by atoms with Crippen LogP contribution in [0.15, 0.2) is 0 Å². The average molecular weight is 333 g/mol. The van der Waals surface area contributed by atoms with E-state index in [1.54, 1.807) is 0 Å². The lowest BCUT2D eigenvalue weighted by Crippen LogP contribution is -2.44. The van der Waals surface area contributed by atoms with Gasteiger partial charge in [-0.05, 0) is 6.42 Å². The molecule has 126 valence electrons. The number of hydrogen-bond donors (Lipinski definition) is 2.